The molecule has 0 aliphatic rings. The molecule has 5 nitrogen and oxygen atoms in total. The van der Waals surface area contributed by atoms with E-state index in [1.54, 1.807) is 11.3 Å². The average Bonchev–Trinajstić information content (AvgIpc) is 2.70. The van der Waals surface area contributed by atoms with Gasteiger partial charge in [0.15, 0.2) is 0 Å². The van der Waals surface area contributed by atoms with E-state index in [2.05, 4.69) is 38.0 Å². The third-order valence-corrected chi connectivity index (χ3v) is 3.41. The summed E-state index contributed by atoms with van der Waals surface area (Å²) < 4.78 is 5.41. The molecule has 2 heterocycles. The van der Waals surface area contributed by atoms with Gasteiger partial charge >= 0.3 is 6.01 Å². The Morgan fingerprint density at radius 1 is 1.32 bits per heavy atom. The Morgan fingerprint density at radius 3 is 2.74 bits per heavy atom. The van der Waals surface area contributed by atoms with Crippen LogP contribution in [0.4, 0.5) is 5.95 Å². The van der Waals surface area contributed by atoms with Crippen molar-refractivity contribution < 1.29 is 4.74 Å². The molecule has 0 aliphatic heterocycles. The van der Waals surface area contributed by atoms with Gasteiger partial charge in [-0.1, -0.05) is 0 Å². The van der Waals surface area contributed by atoms with Crippen molar-refractivity contribution in [3.63, 3.8) is 0 Å². The quantitative estimate of drug-likeness (QED) is 0.918. The van der Waals surface area contributed by atoms with Gasteiger partial charge in [0, 0.05) is 6.54 Å². The number of hydrogen-bond acceptors (Lipinski definition) is 6. The number of nitrogens with one attached hydrogen (secondary N) is 1. The van der Waals surface area contributed by atoms with Gasteiger partial charge in [0.25, 0.3) is 0 Å². The summed E-state index contributed by atoms with van der Waals surface area (Å²) in [6, 6.07) is 0.236. The Balaban J connectivity index is 2.07. The molecule has 0 spiro atoms. The molecule has 7 heteroatoms. The van der Waals surface area contributed by atoms with Gasteiger partial charge in [0.05, 0.1) is 6.10 Å². The van der Waals surface area contributed by atoms with Crippen LogP contribution in [0.2, 0.25) is 5.28 Å². The first-order chi connectivity index (χ1) is 9.04. The Kier molecular flexibility index (Phi) is 4.55. The molecule has 0 bridgehead atoms. The molecule has 0 aliphatic carbocycles. The van der Waals surface area contributed by atoms with Gasteiger partial charge in [-0.3, -0.25) is 0 Å². The van der Waals surface area contributed by atoms with Crippen LogP contribution in [0, 0.1) is 6.92 Å². The predicted octanol–water partition coefficient (Wildman–Crippen LogP) is 3.29. The number of aromatic nitrogens is 3. The second-order valence-corrected chi connectivity index (χ2v) is 5.39. The third-order valence-electron chi connectivity index (χ3n) is 2.33. The number of anilines is 1. The molecule has 2 rings (SSSR count). The Labute approximate surface area is 121 Å². The van der Waals surface area contributed by atoms with Crippen LogP contribution in [0.1, 0.15) is 25.0 Å². The summed E-state index contributed by atoms with van der Waals surface area (Å²) in [6.45, 7) is 6.52. The number of halogens is 1. The lowest BCUT2D eigenvalue weighted by molar-refractivity contribution is 0.222. The Morgan fingerprint density at radius 2 is 2.11 bits per heavy atom. The highest BCUT2D eigenvalue weighted by Crippen LogP contribution is 2.16. The van der Waals surface area contributed by atoms with E-state index in [9.17, 15) is 0 Å². The smallest absolute Gasteiger partial charge is 0.322 e. The third kappa shape index (κ3) is 4.04. The van der Waals surface area contributed by atoms with E-state index in [4.69, 9.17) is 16.3 Å². The molecule has 0 atom stereocenters. The molecule has 102 valence electrons. The van der Waals surface area contributed by atoms with E-state index < -0.39 is 0 Å². The van der Waals surface area contributed by atoms with Crippen molar-refractivity contribution in [3.8, 4) is 6.01 Å². The highest BCUT2D eigenvalue weighted by Gasteiger charge is 2.08. The summed E-state index contributed by atoms with van der Waals surface area (Å²) in [5.74, 6) is 0.418. The van der Waals surface area contributed by atoms with Gasteiger partial charge < -0.3 is 10.1 Å². The molecule has 0 radical (unpaired) electrons. The van der Waals surface area contributed by atoms with Crippen LogP contribution in [0.25, 0.3) is 0 Å². The minimum atomic E-state index is -0.00886. The second kappa shape index (κ2) is 6.16. The van der Waals surface area contributed by atoms with Gasteiger partial charge in [-0.05, 0) is 54.3 Å². The van der Waals surface area contributed by atoms with Crippen molar-refractivity contribution in [1.82, 2.24) is 15.0 Å². The number of nitrogens with zero attached hydrogens (tertiary/aromatic N) is 3. The largest absolute Gasteiger partial charge is 0.461 e. The van der Waals surface area contributed by atoms with Gasteiger partial charge in [-0.25, -0.2) is 0 Å². The fourth-order valence-corrected chi connectivity index (χ4v) is 2.43. The lowest BCUT2D eigenvalue weighted by Crippen LogP contribution is -2.11. The molecule has 2 aromatic rings. The van der Waals surface area contributed by atoms with Crippen LogP contribution in [-0.4, -0.2) is 21.1 Å². The fraction of sp³-hybridized carbons (Fsp3) is 0.417. The maximum absolute atomic E-state index is 5.85. The van der Waals surface area contributed by atoms with Crippen LogP contribution in [0.15, 0.2) is 10.8 Å². The van der Waals surface area contributed by atoms with Crippen molar-refractivity contribution in [2.45, 2.75) is 33.4 Å². The van der Waals surface area contributed by atoms with Gasteiger partial charge in [-0.2, -0.15) is 26.3 Å². The highest BCUT2D eigenvalue weighted by atomic mass is 35.5. The molecule has 0 saturated carbocycles. The van der Waals surface area contributed by atoms with Crippen molar-refractivity contribution in [1.29, 1.82) is 0 Å². The van der Waals surface area contributed by atoms with Crippen molar-refractivity contribution in [2.24, 2.45) is 0 Å². The minimum Gasteiger partial charge on any atom is -0.461 e. The molecule has 1 N–H and O–H groups in total. The normalized spacial score (nSPS) is 10.8. The summed E-state index contributed by atoms with van der Waals surface area (Å²) in [5, 5.41) is 7.44. The van der Waals surface area contributed by atoms with E-state index >= 15 is 0 Å². The summed E-state index contributed by atoms with van der Waals surface area (Å²) in [6.07, 6.45) is -0.00886. The summed E-state index contributed by atoms with van der Waals surface area (Å²) in [5.41, 5.74) is 2.46. The minimum absolute atomic E-state index is 0.00886. The number of rotatable bonds is 5. The maximum Gasteiger partial charge on any atom is 0.322 e. The number of ether oxygens (including phenoxy) is 1. The Hall–Kier alpha value is -1.40. The van der Waals surface area contributed by atoms with Crippen molar-refractivity contribution in [2.75, 3.05) is 5.32 Å². The standard InChI is InChI=1S/C12H15ClN4OS/c1-7(2)18-12-16-10(13)15-11(17-12)14-4-9-6-19-5-8(9)3/h5-7H,4H2,1-3H3,(H,14,15,16,17). The van der Waals surface area contributed by atoms with Gasteiger partial charge in [-0.15, -0.1) is 0 Å². The van der Waals surface area contributed by atoms with Crippen LogP contribution < -0.4 is 10.1 Å². The zero-order chi connectivity index (χ0) is 13.8. The monoisotopic (exact) mass is 298 g/mol. The second-order valence-electron chi connectivity index (χ2n) is 4.31. The van der Waals surface area contributed by atoms with Crippen LogP contribution >= 0.6 is 22.9 Å². The zero-order valence-electron chi connectivity index (χ0n) is 11.0. The Bertz CT molecular complexity index is 558. The first-order valence-corrected chi connectivity index (χ1v) is 7.20. The number of aryl methyl sites for hydroxylation is 1. The fourth-order valence-electron chi connectivity index (χ4n) is 1.42. The molecular weight excluding hydrogens is 284 g/mol. The number of thiophene rings is 1. The van der Waals surface area contributed by atoms with Crippen molar-refractivity contribution >= 4 is 28.9 Å². The predicted molar refractivity (Wildman–Crippen MR) is 77.0 cm³/mol. The van der Waals surface area contributed by atoms with Crippen molar-refractivity contribution in [3.05, 3.63) is 27.2 Å². The molecule has 0 saturated heterocycles. The van der Waals surface area contributed by atoms with Crippen LogP contribution in [-0.2, 0) is 6.54 Å². The molecular formula is C12H15ClN4OS. The lowest BCUT2D eigenvalue weighted by Gasteiger charge is -2.09. The van der Waals surface area contributed by atoms with E-state index in [-0.39, 0.29) is 17.4 Å². The van der Waals surface area contributed by atoms with Crippen LogP contribution in [0.5, 0.6) is 6.01 Å². The summed E-state index contributed by atoms with van der Waals surface area (Å²) >= 11 is 7.52. The average molecular weight is 299 g/mol. The van der Waals surface area contributed by atoms with Gasteiger partial charge in [0.1, 0.15) is 0 Å². The van der Waals surface area contributed by atoms with E-state index in [1.807, 2.05) is 13.8 Å². The topological polar surface area (TPSA) is 59.9 Å². The molecule has 19 heavy (non-hydrogen) atoms. The van der Waals surface area contributed by atoms with E-state index in [0.29, 0.717) is 12.5 Å². The molecule has 2 aromatic heterocycles. The van der Waals surface area contributed by atoms with Crippen LogP contribution in [0.3, 0.4) is 0 Å². The lowest BCUT2D eigenvalue weighted by atomic mass is 10.2. The zero-order valence-corrected chi connectivity index (χ0v) is 12.5. The molecule has 0 amide bonds. The molecule has 0 aromatic carbocycles. The number of hydrogen-bond donors (Lipinski definition) is 1. The summed E-state index contributed by atoms with van der Waals surface area (Å²) in [7, 11) is 0. The van der Waals surface area contributed by atoms with E-state index in [0.717, 1.165) is 0 Å². The first-order valence-electron chi connectivity index (χ1n) is 5.88. The highest BCUT2D eigenvalue weighted by molar-refractivity contribution is 7.08. The SMILES string of the molecule is Cc1cscc1CNc1nc(Cl)nc(OC(C)C)n1. The van der Waals surface area contributed by atoms with Gasteiger partial charge in [0.2, 0.25) is 11.2 Å². The summed E-state index contributed by atoms with van der Waals surface area (Å²) in [4.78, 5) is 12.1. The maximum atomic E-state index is 5.85. The molecule has 0 fully saturated rings. The molecule has 0 unspecified atom stereocenters. The first kappa shape index (κ1) is 14.0. The van der Waals surface area contributed by atoms with E-state index in [1.165, 1.54) is 11.1 Å².